The van der Waals surface area contributed by atoms with E-state index in [0.717, 1.165) is 25.2 Å². The molecule has 1 aliphatic heterocycles. The summed E-state index contributed by atoms with van der Waals surface area (Å²) in [5.74, 6) is -0.321. The second-order valence-corrected chi connectivity index (χ2v) is 6.61. The van der Waals surface area contributed by atoms with Crippen molar-refractivity contribution < 1.29 is 19.1 Å². The van der Waals surface area contributed by atoms with Crippen LogP contribution >= 0.6 is 0 Å². The number of amides is 1. The molecule has 1 aromatic carbocycles. The number of carbonyl (C=O) groups excluding carboxylic acids is 2. The SMILES string of the molecule is COC(=O)c1ccc2c(c1)CN(CCNC(=O)OC(C)(C)C)C2. The summed E-state index contributed by atoms with van der Waals surface area (Å²) in [6, 6.07) is 5.62. The molecule has 23 heavy (non-hydrogen) atoms. The van der Waals surface area contributed by atoms with Crippen LogP contribution in [0.1, 0.15) is 42.3 Å². The lowest BCUT2D eigenvalue weighted by Gasteiger charge is -2.20. The molecule has 0 radical (unpaired) electrons. The van der Waals surface area contributed by atoms with Crippen LogP contribution in [0.25, 0.3) is 0 Å². The maximum Gasteiger partial charge on any atom is 0.407 e. The summed E-state index contributed by atoms with van der Waals surface area (Å²) in [6.45, 7) is 8.32. The molecule has 0 atom stereocenters. The fraction of sp³-hybridized carbons (Fsp3) is 0.529. The Bertz CT molecular complexity index is 593. The number of methoxy groups -OCH3 is 1. The zero-order valence-corrected chi connectivity index (χ0v) is 14.1. The number of hydrogen-bond donors (Lipinski definition) is 1. The van der Waals surface area contributed by atoms with Crippen molar-refractivity contribution >= 4 is 12.1 Å². The maximum atomic E-state index is 11.6. The third-order valence-electron chi connectivity index (χ3n) is 3.51. The molecule has 1 N–H and O–H groups in total. The van der Waals surface area contributed by atoms with E-state index in [9.17, 15) is 9.59 Å². The molecule has 1 amide bonds. The lowest BCUT2D eigenvalue weighted by molar-refractivity contribution is 0.0520. The lowest BCUT2D eigenvalue weighted by atomic mass is 10.1. The van der Waals surface area contributed by atoms with Gasteiger partial charge in [-0.3, -0.25) is 4.90 Å². The van der Waals surface area contributed by atoms with E-state index in [-0.39, 0.29) is 5.97 Å². The van der Waals surface area contributed by atoms with Crippen LogP contribution in [0.2, 0.25) is 0 Å². The Hall–Kier alpha value is -2.08. The standard InChI is InChI=1S/C17H24N2O4/c1-17(2,3)23-16(21)18-7-8-19-10-13-6-5-12(15(20)22-4)9-14(13)11-19/h5-6,9H,7-8,10-11H2,1-4H3,(H,18,21). The van der Waals surface area contributed by atoms with E-state index >= 15 is 0 Å². The molecule has 0 unspecified atom stereocenters. The number of nitrogens with one attached hydrogen (secondary N) is 1. The summed E-state index contributed by atoms with van der Waals surface area (Å²) in [5.41, 5.74) is 2.41. The highest BCUT2D eigenvalue weighted by Gasteiger charge is 2.21. The molecule has 0 bridgehead atoms. The minimum Gasteiger partial charge on any atom is -0.465 e. The second kappa shape index (κ2) is 7.00. The van der Waals surface area contributed by atoms with Gasteiger partial charge in [-0.25, -0.2) is 9.59 Å². The summed E-state index contributed by atoms with van der Waals surface area (Å²) >= 11 is 0. The minimum atomic E-state index is -0.488. The molecular weight excluding hydrogens is 296 g/mol. The number of esters is 1. The highest BCUT2D eigenvalue weighted by Crippen LogP contribution is 2.23. The van der Waals surface area contributed by atoms with Gasteiger partial charge in [0.25, 0.3) is 0 Å². The van der Waals surface area contributed by atoms with Crippen molar-refractivity contribution in [3.63, 3.8) is 0 Å². The van der Waals surface area contributed by atoms with E-state index < -0.39 is 11.7 Å². The van der Waals surface area contributed by atoms with Gasteiger partial charge in [-0.2, -0.15) is 0 Å². The van der Waals surface area contributed by atoms with Crippen molar-refractivity contribution in [2.24, 2.45) is 0 Å². The summed E-state index contributed by atoms with van der Waals surface area (Å²) in [4.78, 5) is 25.4. The number of alkyl carbamates (subject to hydrolysis) is 1. The molecular formula is C17H24N2O4. The normalized spacial score (nSPS) is 14.3. The van der Waals surface area contributed by atoms with Gasteiger partial charge in [0.15, 0.2) is 0 Å². The van der Waals surface area contributed by atoms with E-state index in [1.165, 1.54) is 12.7 Å². The molecule has 126 valence electrons. The van der Waals surface area contributed by atoms with E-state index in [0.29, 0.717) is 12.1 Å². The summed E-state index contributed by atoms with van der Waals surface area (Å²) in [6.07, 6.45) is -0.401. The van der Waals surface area contributed by atoms with Crippen molar-refractivity contribution in [2.75, 3.05) is 20.2 Å². The Kier molecular flexibility index (Phi) is 5.26. The molecule has 0 saturated heterocycles. The Morgan fingerprint density at radius 1 is 1.22 bits per heavy atom. The predicted molar refractivity (Wildman–Crippen MR) is 86.1 cm³/mol. The van der Waals surface area contributed by atoms with Crippen molar-refractivity contribution in [2.45, 2.75) is 39.5 Å². The quantitative estimate of drug-likeness (QED) is 0.862. The number of rotatable bonds is 4. The number of nitrogens with zero attached hydrogens (tertiary/aromatic N) is 1. The molecule has 1 aliphatic rings. The first-order valence-corrected chi connectivity index (χ1v) is 7.68. The molecule has 0 saturated carbocycles. The third-order valence-corrected chi connectivity index (χ3v) is 3.51. The minimum absolute atomic E-state index is 0.321. The molecule has 6 heteroatoms. The molecule has 0 aliphatic carbocycles. The molecule has 1 aromatic rings. The van der Waals surface area contributed by atoms with Gasteiger partial charge < -0.3 is 14.8 Å². The molecule has 2 rings (SSSR count). The number of fused-ring (bicyclic) bond motifs is 1. The average molecular weight is 320 g/mol. The van der Waals surface area contributed by atoms with Crippen LogP contribution in [0.5, 0.6) is 0 Å². The van der Waals surface area contributed by atoms with Gasteiger partial charge in [0.05, 0.1) is 12.7 Å². The first-order chi connectivity index (χ1) is 10.8. The van der Waals surface area contributed by atoms with Crippen LogP contribution in [0.4, 0.5) is 4.79 Å². The maximum absolute atomic E-state index is 11.6. The largest absolute Gasteiger partial charge is 0.465 e. The van der Waals surface area contributed by atoms with Gasteiger partial charge in [0.1, 0.15) is 5.60 Å². The van der Waals surface area contributed by atoms with Gasteiger partial charge >= 0.3 is 12.1 Å². The molecule has 0 spiro atoms. The van der Waals surface area contributed by atoms with Crippen LogP contribution in [-0.4, -0.2) is 42.8 Å². The molecule has 0 aromatic heterocycles. The molecule has 0 fully saturated rings. The lowest BCUT2D eigenvalue weighted by Crippen LogP contribution is -2.36. The third kappa shape index (κ3) is 4.96. The van der Waals surface area contributed by atoms with Crippen LogP contribution in [0, 0.1) is 0 Å². The highest BCUT2D eigenvalue weighted by molar-refractivity contribution is 5.89. The number of carbonyl (C=O) groups is 2. The van der Waals surface area contributed by atoms with Crippen LogP contribution < -0.4 is 5.32 Å². The second-order valence-electron chi connectivity index (χ2n) is 6.61. The number of benzene rings is 1. The van der Waals surface area contributed by atoms with Crippen molar-refractivity contribution in [3.05, 3.63) is 34.9 Å². The van der Waals surface area contributed by atoms with Crippen LogP contribution in [0.3, 0.4) is 0 Å². The average Bonchev–Trinajstić information content (AvgIpc) is 2.86. The van der Waals surface area contributed by atoms with E-state index in [4.69, 9.17) is 9.47 Å². The fourth-order valence-corrected chi connectivity index (χ4v) is 2.50. The molecule has 6 nitrogen and oxygen atoms in total. The summed E-state index contributed by atoms with van der Waals surface area (Å²) < 4.78 is 9.94. The van der Waals surface area contributed by atoms with Gasteiger partial charge in [-0.05, 0) is 44.0 Å². The highest BCUT2D eigenvalue weighted by atomic mass is 16.6. The molecule has 1 heterocycles. The topological polar surface area (TPSA) is 67.9 Å². The summed E-state index contributed by atoms with van der Waals surface area (Å²) in [5, 5.41) is 2.75. The monoisotopic (exact) mass is 320 g/mol. The van der Waals surface area contributed by atoms with E-state index in [1.807, 2.05) is 32.9 Å². The number of ether oxygens (including phenoxy) is 2. The van der Waals surface area contributed by atoms with E-state index in [2.05, 4.69) is 10.2 Å². The zero-order valence-electron chi connectivity index (χ0n) is 14.1. The van der Waals surface area contributed by atoms with Crippen molar-refractivity contribution in [3.8, 4) is 0 Å². The first-order valence-electron chi connectivity index (χ1n) is 7.68. The summed E-state index contributed by atoms with van der Waals surface area (Å²) in [7, 11) is 1.38. The van der Waals surface area contributed by atoms with Gasteiger partial charge in [0, 0.05) is 26.2 Å². The van der Waals surface area contributed by atoms with E-state index in [1.54, 1.807) is 6.07 Å². The number of hydrogen-bond acceptors (Lipinski definition) is 5. The first kappa shape index (κ1) is 17.3. The smallest absolute Gasteiger partial charge is 0.407 e. The Labute approximate surface area is 136 Å². The van der Waals surface area contributed by atoms with Gasteiger partial charge in [0.2, 0.25) is 0 Å². The Balaban J connectivity index is 1.81. The van der Waals surface area contributed by atoms with Crippen molar-refractivity contribution in [1.29, 1.82) is 0 Å². The van der Waals surface area contributed by atoms with Crippen LogP contribution in [0.15, 0.2) is 18.2 Å². The zero-order chi connectivity index (χ0) is 17.0. The Morgan fingerprint density at radius 3 is 2.57 bits per heavy atom. The van der Waals surface area contributed by atoms with Crippen molar-refractivity contribution in [1.82, 2.24) is 10.2 Å². The predicted octanol–water partition coefficient (Wildman–Crippen LogP) is 2.31. The van der Waals surface area contributed by atoms with Gasteiger partial charge in [-0.15, -0.1) is 0 Å². The van der Waals surface area contributed by atoms with Gasteiger partial charge in [-0.1, -0.05) is 6.07 Å². The van der Waals surface area contributed by atoms with Crippen LogP contribution in [-0.2, 0) is 22.6 Å². The Morgan fingerprint density at radius 2 is 1.91 bits per heavy atom. The fourth-order valence-electron chi connectivity index (χ4n) is 2.50.